The maximum Gasteiger partial charge on any atom is 0.123 e. The average Bonchev–Trinajstić information content (AvgIpc) is 2.51. The highest BCUT2D eigenvalue weighted by Crippen LogP contribution is 2.15. The van der Waals surface area contributed by atoms with Crippen LogP contribution >= 0.6 is 0 Å². The molecule has 2 aromatic rings. The van der Waals surface area contributed by atoms with Crippen molar-refractivity contribution in [1.82, 2.24) is 5.32 Å². The molecule has 0 unspecified atom stereocenters. The zero-order chi connectivity index (χ0) is 15.8. The van der Waals surface area contributed by atoms with E-state index in [1.165, 1.54) is 24.1 Å². The van der Waals surface area contributed by atoms with Crippen molar-refractivity contribution in [3.8, 4) is 5.75 Å². The van der Waals surface area contributed by atoms with E-state index in [1.807, 2.05) is 18.2 Å². The number of benzene rings is 2. The summed E-state index contributed by atoms with van der Waals surface area (Å²) >= 11 is 0. The van der Waals surface area contributed by atoms with E-state index in [2.05, 4.69) is 25.2 Å². The molecule has 0 fully saturated rings. The molecule has 0 saturated carbocycles. The van der Waals surface area contributed by atoms with Crippen LogP contribution in [0.15, 0.2) is 48.5 Å². The van der Waals surface area contributed by atoms with Gasteiger partial charge in [-0.2, -0.15) is 0 Å². The lowest BCUT2D eigenvalue weighted by molar-refractivity contribution is 0.305. The van der Waals surface area contributed by atoms with Crippen LogP contribution in [0.4, 0.5) is 4.39 Å². The van der Waals surface area contributed by atoms with Gasteiger partial charge < -0.3 is 10.1 Å². The molecule has 3 heteroatoms. The smallest absolute Gasteiger partial charge is 0.123 e. The average molecular weight is 301 g/mol. The highest BCUT2D eigenvalue weighted by Gasteiger charge is 2.00. The molecule has 0 aromatic heterocycles. The van der Waals surface area contributed by atoms with Crippen molar-refractivity contribution >= 4 is 0 Å². The van der Waals surface area contributed by atoms with Gasteiger partial charge in [0.05, 0.1) is 0 Å². The number of rotatable bonds is 8. The molecular weight excluding hydrogens is 277 g/mol. The minimum atomic E-state index is -0.224. The molecule has 0 atom stereocenters. The van der Waals surface area contributed by atoms with Gasteiger partial charge in [-0.3, -0.25) is 0 Å². The highest BCUT2D eigenvalue weighted by atomic mass is 19.1. The molecule has 0 saturated heterocycles. The Hall–Kier alpha value is -1.87. The summed E-state index contributed by atoms with van der Waals surface area (Å²) in [5, 5.41) is 3.44. The van der Waals surface area contributed by atoms with Crippen molar-refractivity contribution < 1.29 is 9.13 Å². The first-order chi connectivity index (χ1) is 10.6. The molecule has 118 valence electrons. The van der Waals surface area contributed by atoms with Gasteiger partial charge in [0.15, 0.2) is 0 Å². The summed E-state index contributed by atoms with van der Waals surface area (Å²) in [5.74, 6) is 1.34. The molecular formula is C19H24FNO. The summed E-state index contributed by atoms with van der Waals surface area (Å²) in [5.41, 5.74) is 2.17. The molecule has 2 aromatic carbocycles. The molecule has 2 nitrogen and oxygen atoms in total. The summed E-state index contributed by atoms with van der Waals surface area (Å²) in [7, 11) is 0. The third-order valence-electron chi connectivity index (χ3n) is 3.44. The molecule has 0 heterocycles. The molecule has 0 aliphatic heterocycles. The van der Waals surface area contributed by atoms with Crippen molar-refractivity contribution in [2.45, 2.75) is 33.4 Å². The summed E-state index contributed by atoms with van der Waals surface area (Å²) < 4.78 is 18.6. The van der Waals surface area contributed by atoms with Crippen LogP contribution in [0.1, 0.15) is 31.4 Å². The van der Waals surface area contributed by atoms with E-state index in [0.717, 1.165) is 30.3 Å². The monoisotopic (exact) mass is 301 g/mol. The van der Waals surface area contributed by atoms with Crippen LogP contribution in [0.2, 0.25) is 0 Å². The van der Waals surface area contributed by atoms with Gasteiger partial charge in [-0.15, -0.1) is 0 Å². The Bertz CT molecular complexity index is 566. The van der Waals surface area contributed by atoms with Crippen LogP contribution in [-0.4, -0.2) is 6.54 Å². The second-order valence-corrected chi connectivity index (χ2v) is 5.92. The van der Waals surface area contributed by atoms with E-state index in [1.54, 1.807) is 12.1 Å². The zero-order valence-electron chi connectivity index (χ0n) is 13.3. The van der Waals surface area contributed by atoms with E-state index in [9.17, 15) is 4.39 Å². The Labute approximate surface area is 132 Å². The number of hydrogen-bond donors (Lipinski definition) is 1. The van der Waals surface area contributed by atoms with Gasteiger partial charge in [-0.05, 0) is 54.3 Å². The SMILES string of the molecule is CC(C)CCNCc1cccc(OCc2ccc(F)cc2)c1. The molecule has 0 aliphatic rings. The molecule has 0 spiro atoms. The lowest BCUT2D eigenvalue weighted by Gasteiger charge is -2.10. The molecule has 0 amide bonds. The normalized spacial score (nSPS) is 10.9. The van der Waals surface area contributed by atoms with Crippen LogP contribution in [-0.2, 0) is 13.2 Å². The molecule has 0 radical (unpaired) electrons. The van der Waals surface area contributed by atoms with E-state index >= 15 is 0 Å². The molecule has 0 bridgehead atoms. The Balaban J connectivity index is 1.81. The first kappa shape index (κ1) is 16.5. The van der Waals surface area contributed by atoms with Gasteiger partial charge in [0.25, 0.3) is 0 Å². The number of nitrogens with one attached hydrogen (secondary N) is 1. The number of halogens is 1. The zero-order valence-corrected chi connectivity index (χ0v) is 13.3. The predicted octanol–water partition coefficient (Wildman–Crippen LogP) is 4.54. The van der Waals surface area contributed by atoms with E-state index in [4.69, 9.17) is 4.74 Å². The lowest BCUT2D eigenvalue weighted by atomic mass is 10.1. The fourth-order valence-corrected chi connectivity index (χ4v) is 2.12. The van der Waals surface area contributed by atoms with Crippen LogP contribution in [0.5, 0.6) is 5.75 Å². The lowest BCUT2D eigenvalue weighted by Crippen LogP contribution is -2.16. The Kier molecular flexibility index (Phi) is 6.41. The van der Waals surface area contributed by atoms with Crippen LogP contribution in [0.25, 0.3) is 0 Å². The third-order valence-corrected chi connectivity index (χ3v) is 3.44. The van der Waals surface area contributed by atoms with Gasteiger partial charge in [0.1, 0.15) is 18.2 Å². The minimum Gasteiger partial charge on any atom is -0.489 e. The van der Waals surface area contributed by atoms with Crippen molar-refractivity contribution in [1.29, 1.82) is 0 Å². The maximum absolute atomic E-state index is 12.9. The first-order valence-corrected chi connectivity index (χ1v) is 7.80. The van der Waals surface area contributed by atoms with Gasteiger partial charge in [-0.25, -0.2) is 4.39 Å². The van der Waals surface area contributed by atoms with Crippen molar-refractivity contribution in [3.63, 3.8) is 0 Å². The van der Waals surface area contributed by atoms with Gasteiger partial charge in [0, 0.05) is 6.54 Å². The third kappa shape index (κ3) is 5.86. The number of ether oxygens (including phenoxy) is 1. The van der Waals surface area contributed by atoms with Gasteiger partial charge >= 0.3 is 0 Å². The highest BCUT2D eigenvalue weighted by molar-refractivity contribution is 5.29. The summed E-state index contributed by atoms with van der Waals surface area (Å²) in [6.07, 6.45) is 1.18. The second kappa shape index (κ2) is 8.54. The molecule has 2 rings (SSSR count). The van der Waals surface area contributed by atoms with Crippen LogP contribution < -0.4 is 10.1 Å². The second-order valence-electron chi connectivity index (χ2n) is 5.92. The Morgan fingerprint density at radius 1 is 1.05 bits per heavy atom. The summed E-state index contributed by atoms with van der Waals surface area (Å²) in [6, 6.07) is 14.5. The minimum absolute atomic E-state index is 0.224. The largest absolute Gasteiger partial charge is 0.489 e. The summed E-state index contributed by atoms with van der Waals surface area (Å²) in [6.45, 7) is 6.78. The summed E-state index contributed by atoms with van der Waals surface area (Å²) in [4.78, 5) is 0. The van der Waals surface area contributed by atoms with Crippen molar-refractivity contribution in [2.75, 3.05) is 6.54 Å². The standard InChI is InChI=1S/C19H24FNO/c1-15(2)10-11-21-13-17-4-3-5-19(12-17)22-14-16-6-8-18(20)9-7-16/h3-9,12,15,21H,10-11,13-14H2,1-2H3. The van der Waals surface area contributed by atoms with Crippen molar-refractivity contribution in [3.05, 3.63) is 65.5 Å². The van der Waals surface area contributed by atoms with E-state index in [0.29, 0.717) is 6.61 Å². The van der Waals surface area contributed by atoms with E-state index in [-0.39, 0.29) is 5.82 Å². The van der Waals surface area contributed by atoms with E-state index < -0.39 is 0 Å². The first-order valence-electron chi connectivity index (χ1n) is 7.80. The quantitative estimate of drug-likeness (QED) is 0.723. The van der Waals surface area contributed by atoms with Crippen LogP contribution in [0.3, 0.4) is 0 Å². The molecule has 1 N–H and O–H groups in total. The fourth-order valence-electron chi connectivity index (χ4n) is 2.12. The molecule has 22 heavy (non-hydrogen) atoms. The topological polar surface area (TPSA) is 21.3 Å². The predicted molar refractivity (Wildman–Crippen MR) is 88.3 cm³/mol. The molecule has 0 aliphatic carbocycles. The van der Waals surface area contributed by atoms with Crippen LogP contribution in [0, 0.1) is 11.7 Å². The Morgan fingerprint density at radius 3 is 2.55 bits per heavy atom. The fraction of sp³-hybridized carbons (Fsp3) is 0.368. The van der Waals surface area contributed by atoms with Gasteiger partial charge in [0.2, 0.25) is 0 Å². The van der Waals surface area contributed by atoms with Crippen molar-refractivity contribution in [2.24, 2.45) is 5.92 Å². The maximum atomic E-state index is 12.9. The number of hydrogen-bond acceptors (Lipinski definition) is 2. The Morgan fingerprint density at radius 2 is 1.82 bits per heavy atom. The van der Waals surface area contributed by atoms with Gasteiger partial charge in [-0.1, -0.05) is 38.1 Å².